The van der Waals surface area contributed by atoms with Crippen molar-refractivity contribution in [1.82, 2.24) is 15.5 Å². The van der Waals surface area contributed by atoms with Crippen LogP contribution in [0.1, 0.15) is 32.7 Å². The van der Waals surface area contributed by atoms with Crippen molar-refractivity contribution in [1.29, 1.82) is 0 Å². The first kappa shape index (κ1) is 25.0. The molecule has 2 rings (SSSR count). The molecular formula is C22H25Cl2N3O3S. The lowest BCUT2D eigenvalue weighted by molar-refractivity contribution is -0.132. The summed E-state index contributed by atoms with van der Waals surface area (Å²) >= 11 is 13.6. The Labute approximate surface area is 196 Å². The van der Waals surface area contributed by atoms with Gasteiger partial charge in [0.05, 0.1) is 10.6 Å². The van der Waals surface area contributed by atoms with E-state index in [0.717, 1.165) is 5.56 Å². The Bertz CT molecular complexity index is 938. The molecule has 9 heteroatoms. The maximum absolute atomic E-state index is 13.1. The molecule has 0 aliphatic carbocycles. The summed E-state index contributed by atoms with van der Waals surface area (Å²) in [5.41, 5.74) is 1.69. The number of amides is 3. The van der Waals surface area contributed by atoms with Gasteiger partial charge in [-0.25, -0.2) is 0 Å². The first-order chi connectivity index (χ1) is 14.8. The minimum absolute atomic E-state index is 0.170. The molecule has 0 aromatic heterocycles. The highest BCUT2D eigenvalue weighted by molar-refractivity contribution is 7.98. The van der Waals surface area contributed by atoms with Gasteiger partial charge in [0.2, 0.25) is 5.91 Å². The van der Waals surface area contributed by atoms with Crippen LogP contribution in [0.2, 0.25) is 10.0 Å². The van der Waals surface area contributed by atoms with E-state index in [2.05, 4.69) is 10.6 Å². The molecule has 0 heterocycles. The summed E-state index contributed by atoms with van der Waals surface area (Å²) in [5.74, 6) is -0.0938. The number of rotatable bonds is 9. The maximum atomic E-state index is 13.1. The van der Waals surface area contributed by atoms with Crippen LogP contribution < -0.4 is 10.6 Å². The SMILES string of the molecule is CNC(=O)c1ccc(CN(C)C(=O)C(CCSC)NC(=O)c2ccc(Cl)cc2Cl)cc1. The van der Waals surface area contributed by atoms with E-state index in [9.17, 15) is 14.4 Å². The molecule has 2 N–H and O–H groups in total. The lowest BCUT2D eigenvalue weighted by atomic mass is 10.1. The van der Waals surface area contributed by atoms with Crippen molar-refractivity contribution in [3.05, 3.63) is 69.2 Å². The molecule has 0 spiro atoms. The second-order valence-electron chi connectivity index (χ2n) is 6.90. The minimum atomic E-state index is -0.693. The molecular weight excluding hydrogens is 457 g/mol. The Morgan fingerprint density at radius 3 is 2.32 bits per heavy atom. The van der Waals surface area contributed by atoms with E-state index < -0.39 is 11.9 Å². The minimum Gasteiger partial charge on any atom is -0.355 e. The normalized spacial score (nSPS) is 11.5. The van der Waals surface area contributed by atoms with Crippen LogP contribution in [0.4, 0.5) is 0 Å². The molecule has 3 amide bonds. The van der Waals surface area contributed by atoms with E-state index >= 15 is 0 Å². The number of nitrogens with one attached hydrogen (secondary N) is 2. The molecule has 1 unspecified atom stereocenters. The van der Waals surface area contributed by atoms with Crippen molar-refractivity contribution in [2.45, 2.75) is 19.0 Å². The summed E-state index contributed by atoms with van der Waals surface area (Å²) in [6, 6.07) is 10.9. The highest BCUT2D eigenvalue weighted by Crippen LogP contribution is 2.21. The van der Waals surface area contributed by atoms with Crippen LogP contribution in [-0.4, -0.2) is 54.8 Å². The van der Waals surface area contributed by atoms with Crippen LogP contribution in [0.3, 0.4) is 0 Å². The van der Waals surface area contributed by atoms with E-state index in [4.69, 9.17) is 23.2 Å². The molecule has 2 aromatic rings. The van der Waals surface area contributed by atoms with E-state index in [1.165, 1.54) is 12.1 Å². The molecule has 31 heavy (non-hydrogen) atoms. The fourth-order valence-corrected chi connectivity index (χ4v) is 3.89. The Kier molecular flexibility index (Phi) is 9.68. The predicted molar refractivity (Wildman–Crippen MR) is 127 cm³/mol. The van der Waals surface area contributed by atoms with Crippen LogP contribution in [0.25, 0.3) is 0 Å². The van der Waals surface area contributed by atoms with Crippen LogP contribution in [0, 0.1) is 0 Å². The predicted octanol–water partition coefficient (Wildman–Crippen LogP) is 3.86. The molecule has 2 aromatic carbocycles. The lowest BCUT2D eigenvalue weighted by Gasteiger charge is -2.25. The molecule has 0 aliphatic heterocycles. The van der Waals surface area contributed by atoms with Gasteiger partial charge in [0.15, 0.2) is 0 Å². The molecule has 0 bridgehead atoms. The zero-order valence-corrected chi connectivity index (χ0v) is 19.9. The summed E-state index contributed by atoms with van der Waals surface area (Å²) < 4.78 is 0. The third kappa shape index (κ3) is 7.16. The van der Waals surface area contributed by atoms with Gasteiger partial charge in [0, 0.05) is 31.2 Å². The second kappa shape index (κ2) is 12.0. The number of carbonyl (C=O) groups excluding carboxylic acids is 3. The fourth-order valence-electron chi connectivity index (χ4n) is 2.93. The summed E-state index contributed by atoms with van der Waals surface area (Å²) in [6.45, 7) is 0.347. The Balaban J connectivity index is 2.10. The number of hydrogen-bond donors (Lipinski definition) is 2. The van der Waals surface area contributed by atoms with Gasteiger partial charge in [0.25, 0.3) is 11.8 Å². The van der Waals surface area contributed by atoms with Gasteiger partial charge in [-0.3, -0.25) is 14.4 Å². The van der Waals surface area contributed by atoms with Crippen LogP contribution in [-0.2, 0) is 11.3 Å². The molecule has 166 valence electrons. The smallest absolute Gasteiger partial charge is 0.253 e. The number of halogens is 2. The van der Waals surface area contributed by atoms with Crippen LogP contribution >= 0.6 is 35.0 Å². The highest BCUT2D eigenvalue weighted by Gasteiger charge is 2.25. The monoisotopic (exact) mass is 481 g/mol. The van der Waals surface area contributed by atoms with Crippen molar-refractivity contribution in [2.24, 2.45) is 0 Å². The molecule has 0 fully saturated rings. The van der Waals surface area contributed by atoms with Crippen molar-refractivity contribution >= 4 is 52.7 Å². The lowest BCUT2D eigenvalue weighted by Crippen LogP contribution is -2.47. The van der Waals surface area contributed by atoms with E-state index in [1.807, 2.05) is 6.26 Å². The van der Waals surface area contributed by atoms with Crippen molar-refractivity contribution in [3.63, 3.8) is 0 Å². The molecule has 1 atom stereocenters. The number of nitrogens with zero attached hydrogens (tertiary/aromatic N) is 1. The van der Waals surface area contributed by atoms with Crippen LogP contribution in [0.15, 0.2) is 42.5 Å². The van der Waals surface area contributed by atoms with Gasteiger partial charge >= 0.3 is 0 Å². The van der Waals surface area contributed by atoms with Crippen molar-refractivity contribution in [2.75, 3.05) is 26.1 Å². The summed E-state index contributed by atoms with van der Waals surface area (Å²) in [4.78, 5) is 39.0. The quantitative estimate of drug-likeness (QED) is 0.569. The topological polar surface area (TPSA) is 78.5 Å². The average molecular weight is 482 g/mol. The van der Waals surface area contributed by atoms with Crippen molar-refractivity contribution in [3.8, 4) is 0 Å². The van der Waals surface area contributed by atoms with Gasteiger partial charge in [0.1, 0.15) is 6.04 Å². The zero-order valence-electron chi connectivity index (χ0n) is 17.6. The molecule has 0 saturated heterocycles. The number of thioether (sulfide) groups is 1. The van der Waals surface area contributed by atoms with Gasteiger partial charge in [-0.2, -0.15) is 11.8 Å². The Morgan fingerprint density at radius 1 is 1.06 bits per heavy atom. The third-order valence-electron chi connectivity index (χ3n) is 4.63. The Morgan fingerprint density at radius 2 is 1.74 bits per heavy atom. The zero-order chi connectivity index (χ0) is 23.0. The van der Waals surface area contributed by atoms with E-state index in [0.29, 0.717) is 29.3 Å². The third-order valence-corrected chi connectivity index (χ3v) is 5.82. The summed E-state index contributed by atoms with van der Waals surface area (Å²) in [6.07, 6.45) is 2.42. The van der Waals surface area contributed by atoms with Gasteiger partial charge in [-0.15, -0.1) is 0 Å². The summed E-state index contributed by atoms with van der Waals surface area (Å²) in [7, 11) is 3.26. The first-order valence-electron chi connectivity index (χ1n) is 9.57. The van der Waals surface area contributed by atoms with Crippen LogP contribution in [0.5, 0.6) is 0 Å². The number of benzene rings is 2. The second-order valence-corrected chi connectivity index (χ2v) is 8.73. The van der Waals surface area contributed by atoms with Crippen molar-refractivity contribution < 1.29 is 14.4 Å². The average Bonchev–Trinajstić information content (AvgIpc) is 2.75. The number of hydrogen-bond acceptors (Lipinski definition) is 4. The molecule has 0 aliphatic rings. The highest BCUT2D eigenvalue weighted by atomic mass is 35.5. The standard InChI is InChI=1S/C22H25Cl2N3O3S/c1-25-20(28)15-6-4-14(5-7-15)13-27(2)22(30)19(10-11-31-3)26-21(29)17-9-8-16(23)12-18(17)24/h4-9,12,19H,10-11,13H2,1-3H3,(H,25,28)(H,26,29). The van der Waals surface area contributed by atoms with E-state index in [1.54, 1.807) is 61.1 Å². The van der Waals surface area contributed by atoms with Gasteiger partial charge < -0.3 is 15.5 Å². The first-order valence-corrected chi connectivity index (χ1v) is 11.7. The molecule has 6 nitrogen and oxygen atoms in total. The molecule has 0 radical (unpaired) electrons. The fraction of sp³-hybridized carbons (Fsp3) is 0.318. The number of carbonyl (C=O) groups is 3. The largest absolute Gasteiger partial charge is 0.355 e. The van der Waals surface area contributed by atoms with E-state index in [-0.39, 0.29) is 22.4 Å². The Hall–Kier alpha value is -2.22. The van der Waals surface area contributed by atoms with Gasteiger partial charge in [-0.1, -0.05) is 35.3 Å². The summed E-state index contributed by atoms with van der Waals surface area (Å²) in [5, 5.41) is 6.03. The molecule has 0 saturated carbocycles. The number of likely N-dealkylation sites (N-methyl/N-ethyl adjacent to an activating group) is 1. The van der Waals surface area contributed by atoms with Gasteiger partial charge in [-0.05, 0) is 54.3 Å². The maximum Gasteiger partial charge on any atom is 0.253 e.